The first-order chi connectivity index (χ1) is 8.50. The highest BCUT2D eigenvalue weighted by Crippen LogP contribution is 2.16. The van der Waals surface area contributed by atoms with Gasteiger partial charge in [0.25, 0.3) is 0 Å². The second-order valence-corrected chi connectivity index (χ2v) is 9.75. The Labute approximate surface area is 112 Å². The van der Waals surface area contributed by atoms with Gasteiger partial charge in [0.15, 0.2) is 0 Å². The molecular weight excluding hydrogens is 260 g/mol. The van der Waals surface area contributed by atoms with Gasteiger partial charge in [-0.25, -0.2) is 0 Å². The smallest absolute Gasteiger partial charge is 0.373 e. The van der Waals surface area contributed by atoms with E-state index in [0.29, 0.717) is 0 Å². The molecule has 0 saturated carbocycles. The predicted molar refractivity (Wildman–Crippen MR) is 79.4 cm³/mol. The third-order valence-corrected chi connectivity index (χ3v) is 7.10. The van der Waals surface area contributed by atoms with Crippen LogP contribution >= 0.6 is 0 Å². The van der Waals surface area contributed by atoms with E-state index in [2.05, 4.69) is 31.8 Å². The molecule has 0 amide bonds. The van der Waals surface area contributed by atoms with E-state index >= 15 is 0 Å². The van der Waals surface area contributed by atoms with Gasteiger partial charge in [0, 0.05) is 26.5 Å². The van der Waals surface area contributed by atoms with Gasteiger partial charge < -0.3 is 13.3 Å². The summed E-state index contributed by atoms with van der Waals surface area (Å²) in [6, 6.07) is 8.13. The molecule has 5 heteroatoms. The lowest BCUT2D eigenvalue weighted by Crippen LogP contribution is -2.54. The Kier molecular flexibility index (Phi) is 5.49. The van der Waals surface area contributed by atoms with Crippen molar-refractivity contribution in [2.24, 2.45) is 0 Å². The maximum Gasteiger partial charge on any atom is 0.536 e. The molecule has 0 N–H and O–H groups in total. The van der Waals surface area contributed by atoms with E-state index < -0.39 is 17.6 Å². The Morgan fingerprint density at radius 1 is 1.11 bits per heavy atom. The Balaban J connectivity index is 3.19. The van der Waals surface area contributed by atoms with Gasteiger partial charge in [0.05, 0.1) is 8.80 Å². The Hall–Kier alpha value is -0.726. The van der Waals surface area contributed by atoms with E-state index in [1.165, 1.54) is 5.20 Å². The minimum absolute atomic E-state index is 0.547. The Morgan fingerprint density at radius 3 is 2.11 bits per heavy atom. The Morgan fingerprint density at radius 2 is 1.67 bits per heavy atom. The monoisotopic (exact) mass is 281 g/mol. The lowest BCUT2D eigenvalue weighted by atomic mass is 10.2. The van der Waals surface area contributed by atoms with Crippen molar-refractivity contribution in [3.63, 3.8) is 0 Å². The molecule has 99 valence electrons. The summed E-state index contributed by atoms with van der Waals surface area (Å²) in [7, 11) is 1.58. The lowest BCUT2D eigenvalue weighted by molar-refractivity contribution is 0.140. The first-order valence-corrected chi connectivity index (χ1v) is 9.99. The lowest BCUT2D eigenvalue weighted by Gasteiger charge is -2.25. The summed E-state index contributed by atoms with van der Waals surface area (Å²) in [5.41, 5.74) is 1.15. The van der Waals surface area contributed by atoms with Gasteiger partial charge in [-0.3, -0.25) is 0 Å². The molecule has 1 radical (unpaired) electrons. The van der Waals surface area contributed by atoms with Gasteiger partial charge in [-0.2, -0.15) is 0 Å². The summed E-state index contributed by atoms with van der Waals surface area (Å²) < 4.78 is 16.5. The summed E-state index contributed by atoms with van der Waals surface area (Å²) in [6.45, 7) is 8.62. The zero-order valence-electron chi connectivity index (χ0n) is 11.7. The number of rotatable bonds is 6. The number of hydrogen-bond donors (Lipinski definition) is 0. The molecule has 0 spiro atoms. The van der Waals surface area contributed by atoms with Crippen LogP contribution in [0, 0.1) is 0 Å². The quantitative estimate of drug-likeness (QED) is 0.747. The third-order valence-electron chi connectivity index (χ3n) is 2.97. The number of hydrogen-bond acceptors (Lipinski definition) is 3. The molecule has 1 aromatic rings. The fourth-order valence-corrected chi connectivity index (χ4v) is 4.36. The maximum absolute atomic E-state index is 5.49. The highest BCUT2D eigenvalue weighted by molar-refractivity contribution is 6.77. The minimum Gasteiger partial charge on any atom is -0.373 e. The van der Waals surface area contributed by atoms with Crippen LogP contribution in [0.4, 0.5) is 0 Å². The molecule has 0 aliphatic carbocycles. The largest absolute Gasteiger partial charge is 0.536 e. The van der Waals surface area contributed by atoms with Gasteiger partial charge >= 0.3 is 8.80 Å². The molecule has 0 aliphatic rings. The molecule has 1 aromatic carbocycles. The maximum atomic E-state index is 5.49. The van der Waals surface area contributed by atoms with E-state index in [4.69, 9.17) is 13.3 Å². The fraction of sp³-hybridized carbons (Fsp3) is 0.385. The van der Waals surface area contributed by atoms with Crippen molar-refractivity contribution in [2.45, 2.75) is 13.1 Å². The van der Waals surface area contributed by atoms with E-state index in [0.717, 1.165) is 10.8 Å². The predicted octanol–water partition coefficient (Wildman–Crippen LogP) is 2.08. The van der Waals surface area contributed by atoms with Crippen molar-refractivity contribution < 1.29 is 13.3 Å². The van der Waals surface area contributed by atoms with Gasteiger partial charge in [-0.1, -0.05) is 43.1 Å². The van der Waals surface area contributed by atoms with Crippen LogP contribution in [0.3, 0.4) is 0 Å². The minimum atomic E-state index is -2.74. The van der Waals surface area contributed by atoms with E-state index in [1.807, 2.05) is 12.1 Å². The van der Waals surface area contributed by atoms with Crippen LogP contribution in [0.25, 0.3) is 5.20 Å². The highest BCUT2D eigenvalue weighted by Gasteiger charge is 2.40. The zero-order chi connectivity index (χ0) is 13.8. The van der Waals surface area contributed by atoms with Crippen molar-refractivity contribution in [3.8, 4) is 0 Å². The van der Waals surface area contributed by atoms with Crippen LogP contribution in [0.2, 0.25) is 13.1 Å². The van der Waals surface area contributed by atoms with Gasteiger partial charge in [-0.15, -0.1) is 0 Å². The summed E-state index contributed by atoms with van der Waals surface area (Å²) in [5, 5.41) is 2.17. The summed E-state index contributed by atoms with van der Waals surface area (Å²) in [5.74, 6) is 0. The van der Waals surface area contributed by atoms with Crippen molar-refractivity contribution in [3.05, 3.63) is 36.4 Å². The Bertz CT molecular complexity index is 406. The summed E-state index contributed by atoms with van der Waals surface area (Å²) >= 11 is 0. The van der Waals surface area contributed by atoms with E-state index in [1.54, 1.807) is 21.3 Å². The van der Waals surface area contributed by atoms with Crippen molar-refractivity contribution >= 4 is 28.0 Å². The van der Waals surface area contributed by atoms with Gasteiger partial charge in [0.2, 0.25) is 0 Å². The van der Waals surface area contributed by atoms with Gasteiger partial charge in [0.1, 0.15) is 0 Å². The molecule has 0 aromatic heterocycles. The molecule has 0 saturated heterocycles. The molecular formula is C13H21O3Si2. The second kappa shape index (κ2) is 6.44. The van der Waals surface area contributed by atoms with Crippen LogP contribution in [0.15, 0.2) is 30.8 Å². The number of benzene rings is 1. The fourth-order valence-electron chi connectivity index (χ4n) is 1.79. The van der Waals surface area contributed by atoms with Crippen LogP contribution in [0.1, 0.15) is 5.56 Å². The molecule has 0 heterocycles. The van der Waals surface area contributed by atoms with Crippen LogP contribution < -0.4 is 5.19 Å². The van der Waals surface area contributed by atoms with Crippen LogP contribution in [-0.2, 0) is 13.3 Å². The first-order valence-electron chi connectivity index (χ1n) is 5.76. The second-order valence-electron chi connectivity index (χ2n) is 4.23. The standard InChI is InChI=1S/C13H21O3Si2/c1-11(17(5)6)12-8-7-9-13(10-12)18(14-2,15-3)16-4/h7-10H,1H2,2-6H3. The SMILES string of the molecule is C=C(c1cccc([Si](OC)(OC)OC)c1)[Si](C)C. The summed E-state index contributed by atoms with van der Waals surface area (Å²) in [4.78, 5) is 0. The molecule has 0 aliphatic heterocycles. The van der Waals surface area contributed by atoms with Crippen molar-refractivity contribution in [2.75, 3.05) is 21.3 Å². The highest BCUT2D eigenvalue weighted by atomic mass is 28.4. The average Bonchev–Trinajstić information content (AvgIpc) is 2.41. The molecule has 18 heavy (non-hydrogen) atoms. The first kappa shape index (κ1) is 15.3. The molecule has 0 bridgehead atoms. The van der Waals surface area contributed by atoms with E-state index in [9.17, 15) is 0 Å². The van der Waals surface area contributed by atoms with Crippen molar-refractivity contribution in [1.29, 1.82) is 0 Å². The van der Waals surface area contributed by atoms with Crippen LogP contribution in [-0.4, -0.2) is 38.9 Å². The van der Waals surface area contributed by atoms with Crippen molar-refractivity contribution in [1.82, 2.24) is 0 Å². The normalized spacial score (nSPS) is 11.9. The van der Waals surface area contributed by atoms with Gasteiger partial charge in [-0.05, 0) is 11.6 Å². The molecule has 0 fully saturated rings. The molecule has 0 unspecified atom stereocenters. The van der Waals surface area contributed by atoms with E-state index in [-0.39, 0.29) is 0 Å². The zero-order valence-corrected chi connectivity index (χ0v) is 13.7. The van der Waals surface area contributed by atoms with Crippen LogP contribution in [0.5, 0.6) is 0 Å². The molecule has 3 nitrogen and oxygen atoms in total. The molecule has 1 rings (SSSR count). The third kappa shape index (κ3) is 2.99. The average molecular weight is 281 g/mol. The topological polar surface area (TPSA) is 27.7 Å². The molecule has 0 atom stereocenters. The summed E-state index contributed by atoms with van der Waals surface area (Å²) in [6.07, 6.45) is 0.